The van der Waals surface area contributed by atoms with Crippen molar-refractivity contribution in [3.05, 3.63) is 103 Å². The van der Waals surface area contributed by atoms with Gasteiger partial charge in [-0.05, 0) is 77.0 Å². The number of hydrogen-bond donors (Lipinski definition) is 0. The maximum absolute atomic E-state index is 6.51. The summed E-state index contributed by atoms with van der Waals surface area (Å²) in [4.78, 5) is 0. The van der Waals surface area contributed by atoms with Crippen LogP contribution in [0, 0.1) is 0 Å². The van der Waals surface area contributed by atoms with Gasteiger partial charge in [-0.15, -0.1) is 0 Å². The average molecular weight is 456 g/mol. The number of benzene rings is 5. The van der Waals surface area contributed by atoms with Crippen LogP contribution in [0.2, 0.25) is 0 Å². The van der Waals surface area contributed by atoms with Gasteiger partial charge in [0.05, 0.1) is 11.2 Å². The maximum Gasteiger partial charge on any atom is 0.495 e. The average Bonchev–Trinajstić information content (AvgIpc) is 3.09. The standard InChI is InChI=1S/C32H29BO2/c1-31(2)32(3,4)35-33(34-31)28-21-13-12-20-27(28)30-25-18-10-8-16-23(25)29(22-14-6-5-7-15-22)24-17-9-11-19-26(24)30/h5-21H,1-4H3. The van der Waals surface area contributed by atoms with Gasteiger partial charge in [0.25, 0.3) is 0 Å². The Hall–Kier alpha value is -3.40. The van der Waals surface area contributed by atoms with Crippen LogP contribution in [0.1, 0.15) is 27.7 Å². The maximum atomic E-state index is 6.51. The highest BCUT2D eigenvalue weighted by Gasteiger charge is 2.52. The molecule has 0 N–H and O–H groups in total. The van der Waals surface area contributed by atoms with Crippen molar-refractivity contribution >= 4 is 34.1 Å². The van der Waals surface area contributed by atoms with E-state index in [4.69, 9.17) is 9.31 Å². The molecule has 5 aromatic rings. The predicted octanol–water partition coefficient (Wildman–Crippen LogP) is 7.63. The lowest BCUT2D eigenvalue weighted by molar-refractivity contribution is 0.00578. The van der Waals surface area contributed by atoms with Gasteiger partial charge in [0.15, 0.2) is 0 Å². The van der Waals surface area contributed by atoms with Crippen LogP contribution >= 0.6 is 0 Å². The van der Waals surface area contributed by atoms with Crippen LogP contribution < -0.4 is 5.46 Å². The Kier molecular flexibility index (Phi) is 5.10. The summed E-state index contributed by atoms with van der Waals surface area (Å²) in [7, 11) is -0.428. The van der Waals surface area contributed by atoms with Gasteiger partial charge >= 0.3 is 7.12 Å². The molecule has 35 heavy (non-hydrogen) atoms. The summed E-state index contributed by atoms with van der Waals surface area (Å²) in [5, 5.41) is 4.95. The second kappa shape index (κ2) is 8.08. The first kappa shape index (κ1) is 22.1. The van der Waals surface area contributed by atoms with E-state index in [1.165, 1.54) is 38.2 Å². The molecule has 0 radical (unpaired) electrons. The van der Waals surface area contributed by atoms with Crippen LogP contribution in [-0.2, 0) is 9.31 Å². The Labute approximate surface area is 207 Å². The van der Waals surface area contributed by atoms with Crippen molar-refractivity contribution < 1.29 is 9.31 Å². The Morgan fingerprint density at radius 2 is 0.914 bits per heavy atom. The summed E-state index contributed by atoms with van der Waals surface area (Å²) in [5.74, 6) is 0. The van der Waals surface area contributed by atoms with E-state index >= 15 is 0 Å². The van der Waals surface area contributed by atoms with Gasteiger partial charge in [-0.25, -0.2) is 0 Å². The third-order valence-electron chi connectivity index (χ3n) is 7.73. The molecular weight excluding hydrogens is 427 g/mol. The molecule has 0 unspecified atom stereocenters. The minimum Gasteiger partial charge on any atom is -0.399 e. The zero-order valence-electron chi connectivity index (χ0n) is 20.7. The molecule has 1 fully saturated rings. The van der Waals surface area contributed by atoms with E-state index < -0.39 is 18.3 Å². The Balaban J connectivity index is 1.68. The molecule has 5 aromatic carbocycles. The molecule has 1 heterocycles. The van der Waals surface area contributed by atoms with Crippen molar-refractivity contribution in [1.82, 2.24) is 0 Å². The van der Waals surface area contributed by atoms with Crippen LogP contribution in [-0.4, -0.2) is 18.3 Å². The van der Waals surface area contributed by atoms with Crippen molar-refractivity contribution in [3.8, 4) is 22.3 Å². The molecule has 0 spiro atoms. The molecule has 1 saturated heterocycles. The highest BCUT2D eigenvalue weighted by Crippen LogP contribution is 2.44. The predicted molar refractivity (Wildman–Crippen MR) is 148 cm³/mol. The van der Waals surface area contributed by atoms with Gasteiger partial charge in [-0.3, -0.25) is 0 Å². The van der Waals surface area contributed by atoms with Gasteiger partial charge in [0, 0.05) is 0 Å². The SMILES string of the molecule is CC1(C)OB(c2ccccc2-c2c3ccccc3c(-c3ccccc3)c3ccccc23)OC1(C)C. The number of fused-ring (bicyclic) bond motifs is 2. The van der Waals surface area contributed by atoms with Crippen molar-refractivity contribution in [3.63, 3.8) is 0 Å². The summed E-state index contributed by atoms with van der Waals surface area (Å²) in [6.45, 7) is 8.42. The molecule has 3 heteroatoms. The van der Waals surface area contributed by atoms with Crippen LogP contribution in [0.4, 0.5) is 0 Å². The second-order valence-electron chi connectivity index (χ2n) is 10.4. The second-order valence-corrected chi connectivity index (χ2v) is 10.4. The minimum atomic E-state index is -0.428. The molecule has 0 aliphatic carbocycles. The number of hydrogen-bond acceptors (Lipinski definition) is 2. The van der Waals surface area contributed by atoms with E-state index in [0.717, 1.165) is 11.0 Å². The van der Waals surface area contributed by atoms with Crippen molar-refractivity contribution in [2.45, 2.75) is 38.9 Å². The molecule has 2 nitrogen and oxygen atoms in total. The molecule has 0 saturated carbocycles. The Bertz CT molecular complexity index is 1480. The van der Waals surface area contributed by atoms with Gasteiger partial charge in [0.2, 0.25) is 0 Å². The summed E-state index contributed by atoms with van der Waals surface area (Å²) in [6.07, 6.45) is 0. The van der Waals surface area contributed by atoms with E-state index in [2.05, 4.69) is 131 Å². The summed E-state index contributed by atoms with van der Waals surface area (Å²) in [6, 6.07) is 36.7. The fourth-order valence-electron chi connectivity index (χ4n) is 5.23. The molecule has 0 atom stereocenters. The molecule has 1 aliphatic heterocycles. The van der Waals surface area contributed by atoms with Gasteiger partial charge < -0.3 is 9.31 Å². The zero-order chi connectivity index (χ0) is 24.2. The van der Waals surface area contributed by atoms with E-state index in [-0.39, 0.29) is 0 Å². The Morgan fingerprint density at radius 1 is 0.486 bits per heavy atom. The van der Waals surface area contributed by atoms with E-state index in [0.29, 0.717) is 0 Å². The molecule has 172 valence electrons. The molecule has 0 bridgehead atoms. The van der Waals surface area contributed by atoms with Gasteiger partial charge in [-0.1, -0.05) is 103 Å². The molecule has 1 aliphatic rings. The summed E-state index contributed by atoms with van der Waals surface area (Å²) >= 11 is 0. The molecule has 0 aromatic heterocycles. The molecule has 0 amide bonds. The van der Waals surface area contributed by atoms with Gasteiger partial charge in [0.1, 0.15) is 0 Å². The quantitative estimate of drug-likeness (QED) is 0.205. The fraction of sp³-hybridized carbons (Fsp3) is 0.188. The lowest BCUT2D eigenvalue weighted by Crippen LogP contribution is -2.41. The van der Waals surface area contributed by atoms with Gasteiger partial charge in [-0.2, -0.15) is 0 Å². The van der Waals surface area contributed by atoms with Crippen molar-refractivity contribution in [1.29, 1.82) is 0 Å². The topological polar surface area (TPSA) is 18.5 Å². The van der Waals surface area contributed by atoms with E-state index in [1.54, 1.807) is 0 Å². The third kappa shape index (κ3) is 3.50. The monoisotopic (exact) mass is 456 g/mol. The lowest BCUT2D eigenvalue weighted by atomic mass is 9.73. The van der Waals surface area contributed by atoms with Crippen LogP contribution in [0.15, 0.2) is 103 Å². The van der Waals surface area contributed by atoms with Crippen molar-refractivity contribution in [2.75, 3.05) is 0 Å². The zero-order valence-corrected chi connectivity index (χ0v) is 20.7. The summed E-state index contributed by atoms with van der Waals surface area (Å²) < 4.78 is 13.0. The summed E-state index contributed by atoms with van der Waals surface area (Å²) in [5.41, 5.74) is 5.14. The molecular formula is C32H29BO2. The van der Waals surface area contributed by atoms with E-state index in [1.807, 2.05) is 0 Å². The van der Waals surface area contributed by atoms with E-state index in [9.17, 15) is 0 Å². The highest BCUT2D eigenvalue weighted by molar-refractivity contribution is 6.64. The first-order chi connectivity index (χ1) is 16.9. The first-order valence-electron chi connectivity index (χ1n) is 12.3. The largest absolute Gasteiger partial charge is 0.495 e. The van der Waals surface area contributed by atoms with Crippen LogP contribution in [0.3, 0.4) is 0 Å². The molecule has 6 rings (SSSR count). The normalized spacial score (nSPS) is 16.7. The smallest absolute Gasteiger partial charge is 0.399 e. The van der Waals surface area contributed by atoms with Crippen LogP contribution in [0.5, 0.6) is 0 Å². The van der Waals surface area contributed by atoms with Crippen molar-refractivity contribution in [2.24, 2.45) is 0 Å². The van der Waals surface area contributed by atoms with Crippen LogP contribution in [0.25, 0.3) is 43.8 Å². The number of rotatable bonds is 3. The highest BCUT2D eigenvalue weighted by atomic mass is 16.7. The first-order valence-corrected chi connectivity index (χ1v) is 12.3. The third-order valence-corrected chi connectivity index (χ3v) is 7.73. The Morgan fingerprint density at radius 3 is 1.46 bits per heavy atom. The fourth-order valence-corrected chi connectivity index (χ4v) is 5.23. The lowest BCUT2D eigenvalue weighted by Gasteiger charge is -2.32. The minimum absolute atomic E-state index is 0.397.